The summed E-state index contributed by atoms with van der Waals surface area (Å²) < 4.78 is 0.592. The molecule has 1 saturated heterocycles. The van der Waals surface area contributed by atoms with E-state index in [9.17, 15) is 9.59 Å². The van der Waals surface area contributed by atoms with Crippen molar-refractivity contribution in [2.24, 2.45) is 0 Å². The third-order valence-corrected chi connectivity index (χ3v) is 4.25. The number of aliphatic carboxylic acids is 1. The highest BCUT2D eigenvalue weighted by Gasteiger charge is 2.44. The highest BCUT2D eigenvalue weighted by atomic mass is 79.9. The Bertz CT molecular complexity index is 328. The molecular weight excluding hydrogens is 258 g/mol. The molecule has 0 radical (unpaired) electrons. The third-order valence-electron chi connectivity index (χ3n) is 2.01. The molecule has 1 N–H and O–H groups in total. The van der Waals surface area contributed by atoms with Crippen LogP contribution in [-0.2, 0) is 9.59 Å². The lowest BCUT2D eigenvalue weighted by Gasteiger charge is -2.43. The number of carbonyl (C=O) groups excluding carboxylic acids is 1. The van der Waals surface area contributed by atoms with Crippen molar-refractivity contribution in [3.63, 3.8) is 0 Å². The summed E-state index contributed by atoms with van der Waals surface area (Å²) in [6, 6.07) is 0. The van der Waals surface area contributed by atoms with E-state index in [0.29, 0.717) is 16.7 Å². The van der Waals surface area contributed by atoms with Crippen molar-refractivity contribution >= 4 is 39.6 Å². The van der Waals surface area contributed by atoms with E-state index in [2.05, 4.69) is 15.9 Å². The SMILES string of the molecule is O=C(O)C1=C(Br)CSC2CC(=O)N12. The number of β-lactam (4-membered cyclic amide) rings is 1. The normalized spacial score (nSPS) is 27.0. The third kappa shape index (κ3) is 1.28. The van der Waals surface area contributed by atoms with Gasteiger partial charge in [-0.05, 0) is 0 Å². The number of carbonyl (C=O) groups is 2. The highest BCUT2D eigenvalue weighted by molar-refractivity contribution is 9.11. The molecule has 4 nitrogen and oxygen atoms in total. The summed E-state index contributed by atoms with van der Waals surface area (Å²) in [5, 5.41) is 8.90. The smallest absolute Gasteiger partial charge is 0.353 e. The van der Waals surface area contributed by atoms with E-state index in [4.69, 9.17) is 5.11 Å². The minimum Gasteiger partial charge on any atom is -0.477 e. The molecule has 0 spiro atoms. The van der Waals surface area contributed by atoms with Gasteiger partial charge >= 0.3 is 5.97 Å². The number of thioether (sulfide) groups is 1. The summed E-state index contributed by atoms with van der Waals surface area (Å²) in [6.45, 7) is 0. The number of halogens is 1. The van der Waals surface area contributed by atoms with E-state index in [-0.39, 0.29) is 17.0 Å². The van der Waals surface area contributed by atoms with Gasteiger partial charge in [-0.15, -0.1) is 11.8 Å². The van der Waals surface area contributed by atoms with Crippen LogP contribution in [0.2, 0.25) is 0 Å². The molecular formula is C7H6BrNO3S. The summed E-state index contributed by atoms with van der Waals surface area (Å²) in [5.41, 5.74) is 0.111. The summed E-state index contributed by atoms with van der Waals surface area (Å²) in [6.07, 6.45) is 0.460. The number of rotatable bonds is 1. The first-order chi connectivity index (χ1) is 6.11. The molecule has 0 saturated carbocycles. The summed E-state index contributed by atoms with van der Waals surface area (Å²) >= 11 is 4.75. The zero-order valence-electron chi connectivity index (χ0n) is 6.49. The van der Waals surface area contributed by atoms with Gasteiger partial charge in [0.1, 0.15) is 5.70 Å². The van der Waals surface area contributed by atoms with E-state index in [1.165, 1.54) is 4.90 Å². The number of hydrogen-bond acceptors (Lipinski definition) is 3. The van der Waals surface area contributed by atoms with Crippen molar-refractivity contribution in [2.75, 3.05) is 5.75 Å². The van der Waals surface area contributed by atoms with Crippen LogP contribution in [0.4, 0.5) is 0 Å². The van der Waals surface area contributed by atoms with Crippen molar-refractivity contribution in [1.29, 1.82) is 0 Å². The molecule has 2 rings (SSSR count). The first kappa shape index (κ1) is 9.08. The zero-order chi connectivity index (χ0) is 9.59. The first-order valence-electron chi connectivity index (χ1n) is 3.67. The van der Waals surface area contributed by atoms with Gasteiger partial charge in [0, 0.05) is 10.2 Å². The topological polar surface area (TPSA) is 57.6 Å². The molecule has 0 bridgehead atoms. The van der Waals surface area contributed by atoms with Crippen LogP contribution < -0.4 is 0 Å². The molecule has 2 aliphatic heterocycles. The molecule has 1 unspecified atom stereocenters. The minimum atomic E-state index is -1.04. The molecule has 70 valence electrons. The molecule has 0 aliphatic carbocycles. The van der Waals surface area contributed by atoms with Crippen LogP contribution in [0.15, 0.2) is 10.2 Å². The maximum absolute atomic E-state index is 11.1. The van der Waals surface area contributed by atoms with Gasteiger partial charge in [0.05, 0.1) is 11.8 Å². The second kappa shape index (κ2) is 3.02. The average molecular weight is 264 g/mol. The van der Waals surface area contributed by atoms with Crippen LogP contribution in [0.5, 0.6) is 0 Å². The lowest BCUT2D eigenvalue weighted by molar-refractivity contribution is -0.146. The largest absolute Gasteiger partial charge is 0.477 e. The van der Waals surface area contributed by atoms with E-state index in [1.54, 1.807) is 11.8 Å². The van der Waals surface area contributed by atoms with Crippen LogP contribution in [0.1, 0.15) is 6.42 Å². The molecule has 13 heavy (non-hydrogen) atoms. The quantitative estimate of drug-likeness (QED) is 0.717. The van der Waals surface area contributed by atoms with E-state index < -0.39 is 5.97 Å². The number of nitrogens with zero attached hydrogens (tertiary/aromatic N) is 1. The molecule has 0 aromatic heterocycles. The first-order valence-corrected chi connectivity index (χ1v) is 5.51. The maximum Gasteiger partial charge on any atom is 0.353 e. The average Bonchev–Trinajstić information content (AvgIpc) is 2.05. The van der Waals surface area contributed by atoms with Crippen LogP contribution >= 0.6 is 27.7 Å². The number of amides is 1. The number of carboxylic acid groups (broad SMARTS) is 1. The summed E-state index contributed by atoms with van der Waals surface area (Å²) in [4.78, 5) is 23.3. The van der Waals surface area contributed by atoms with Crippen LogP contribution in [0, 0.1) is 0 Å². The molecule has 6 heteroatoms. The molecule has 0 aromatic carbocycles. The Labute approximate surface area is 87.1 Å². The predicted molar refractivity (Wildman–Crippen MR) is 51.3 cm³/mol. The molecule has 1 atom stereocenters. The standard InChI is InChI=1S/C7H6BrNO3S/c8-3-2-13-5-1-4(10)9(5)6(3)7(11)12/h5H,1-2H2,(H,11,12). The lowest BCUT2D eigenvalue weighted by atomic mass is 10.1. The van der Waals surface area contributed by atoms with Gasteiger partial charge in [-0.2, -0.15) is 0 Å². The van der Waals surface area contributed by atoms with E-state index >= 15 is 0 Å². The van der Waals surface area contributed by atoms with Gasteiger partial charge in [0.15, 0.2) is 0 Å². The molecule has 1 amide bonds. The molecule has 2 aliphatic rings. The fraction of sp³-hybridized carbons (Fsp3) is 0.429. The van der Waals surface area contributed by atoms with Crippen molar-refractivity contribution in [2.45, 2.75) is 11.8 Å². The predicted octanol–water partition coefficient (Wildman–Crippen LogP) is 0.983. The van der Waals surface area contributed by atoms with Crippen molar-refractivity contribution in [1.82, 2.24) is 4.90 Å². The van der Waals surface area contributed by atoms with Crippen molar-refractivity contribution < 1.29 is 14.7 Å². The monoisotopic (exact) mass is 263 g/mol. The Hall–Kier alpha value is -0.490. The number of hydrogen-bond donors (Lipinski definition) is 1. The second-order valence-corrected chi connectivity index (χ2v) is 4.92. The van der Waals surface area contributed by atoms with E-state index in [0.717, 1.165) is 0 Å². The number of carboxylic acids is 1. The number of fused-ring (bicyclic) bond motifs is 1. The maximum atomic E-state index is 11.1. The fourth-order valence-corrected chi connectivity index (χ4v) is 3.24. The summed E-state index contributed by atoms with van der Waals surface area (Å²) in [5.74, 6) is -0.507. The Morgan fingerprint density at radius 2 is 2.38 bits per heavy atom. The van der Waals surface area contributed by atoms with Crippen LogP contribution in [0.3, 0.4) is 0 Å². The minimum absolute atomic E-state index is 0.0416. The molecule has 0 aromatic rings. The van der Waals surface area contributed by atoms with Crippen molar-refractivity contribution in [3.05, 3.63) is 10.2 Å². The van der Waals surface area contributed by atoms with Gasteiger partial charge in [0.2, 0.25) is 5.91 Å². The van der Waals surface area contributed by atoms with Crippen molar-refractivity contribution in [3.8, 4) is 0 Å². The highest BCUT2D eigenvalue weighted by Crippen LogP contribution is 2.41. The molecule has 2 heterocycles. The Balaban J connectivity index is 2.37. The Kier molecular flexibility index (Phi) is 2.11. The van der Waals surface area contributed by atoms with Gasteiger partial charge in [-0.3, -0.25) is 9.69 Å². The van der Waals surface area contributed by atoms with Crippen LogP contribution in [0.25, 0.3) is 0 Å². The van der Waals surface area contributed by atoms with E-state index in [1.807, 2.05) is 0 Å². The zero-order valence-corrected chi connectivity index (χ0v) is 8.89. The molecule has 1 fully saturated rings. The van der Waals surface area contributed by atoms with Gasteiger partial charge in [0.25, 0.3) is 0 Å². The lowest BCUT2D eigenvalue weighted by Crippen LogP contribution is -2.53. The van der Waals surface area contributed by atoms with Crippen LogP contribution in [-0.4, -0.2) is 33.0 Å². The fourth-order valence-electron chi connectivity index (χ4n) is 1.38. The van der Waals surface area contributed by atoms with Gasteiger partial charge in [-0.1, -0.05) is 15.9 Å². The Morgan fingerprint density at radius 1 is 1.69 bits per heavy atom. The van der Waals surface area contributed by atoms with Gasteiger partial charge < -0.3 is 5.11 Å². The second-order valence-electron chi connectivity index (χ2n) is 2.79. The Morgan fingerprint density at radius 3 is 2.85 bits per heavy atom. The summed E-state index contributed by atoms with van der Waals surface area (Å²) in [7, 11) is 0. The van der Waals surface area contributed by atoms with Gasteiger partial charge in [-0.25, -0.2) is 4.79 Å².